The summed E-state index contributed by atoms with van der Waals surface area (Å²) in [5.74, 6) is 1.47. The maximum absolute atomic E-state index is 12.5. The average Bonchev–Trinajstić information content (AvgIpc) is 3.34. The summed E-state index contributed by atoms with van der Waals surface area (Å²) in [4.78, 5) is 17.5. The number of carbonyl (C=O) groups is 1. The normalized spacial score (nSPS) is 13.7. The molecule has 0 unspecified atom stereocenters. The summed E-state index contributed by atoms with van der Waals surface area (Å²) in [5.41, 5.74) is 0.922. The van der Waals surface area contributed by atoms with Crippen molar-refractivity contribution >= 4 is 37.3 Å². The minimum atomic E-state index is -3.47. The summed E-state index contributed by atoms with van der Waals surface area (Å²) in [6, 6.07) is 10.00. The molecule has 0 radical (unpaired) electrons. The number of hydrogen-bond acceptors (Lipinski definition) is 7. The molecule has 2 heterocycles. The van der Waals surface area contributed by atoms with Gasteiger partial charge in [0.15, 0.2) is 26.1 Å². The van der Waals surface area contributed by atoms with Gasteiger partial charge >= 0.3 is 0 Å². The fourth-order valence-corrected chi connectivity index (χ4v) is 5.76. The summed E-state index contributed by atoms with van der Waals surface area (Å²) in [6.45, 7) is 2.81. The van der Waals surface area contributed by atoms with Crippen LogP contribution in [-0.4, -0.2) is 38.5 Å². The van der Waals surface area contributed by atoms with Crippen molar-refractivity contribution in [3.63, 3.8) is 0 Å². The van der Waals surface area contributed by atoms with E-state index in [2.05, 4.69) is 4.99 Å². The van der Waals surface area contributed by atoms with E-state index in [4.69, 9.17) is 14.2 Å². The molecule has 0 fully saturated rings. The van der Waals surface area contributed by atoms with Gasteiger partial charge in [-0.05, 0) is 37.6 Å². The molecule has 164 valence electrons. The molecule has 2 aromatic carbocycles. The third-order valence-electron chi connectivity index (χ3n) is 4.94. The van der Waals surface area contributed by atoms with Gasteiger partial charge in [-0.25, -0.2) is 8.42 Å². The van der Waals surface area contributed by atoms with Gasteiger partial charge in [-0.1, -0.05) is 11.3 Å². The fourth-order valence-electron chi connectivity index (χ4n) is 3.33. The molecule has 0 saturated heterocycles. The van der Waals surface area contributed by atoms with Crippen molar-refractivity contribution in [3.05, 3.63) is 41.2 Å². The van der Waals surface area contributed by atoms with Crippen molar-refractivity contribution in [2.24, 2.45) is 4.99 Å². The van der Waals surface area contributed by atoms with Crippen LogP contribution >= 0.6 is 11.3 Å². The second-order valence-corrected chi connectivity index (χ2v) is 10.0. The molecule has 10 heteroatoms. The Morgan fingerprint density at radius 1 is 1.19 bits per heavy atom. The van der Waals surface area contributed by atoms with Crippen LogP contribution in [-0.2, 0) is 21.2 Å². The van der Waals surface area contributed by atoms with Gasteiger partial charge in [-0.15, -0.1) is 0 Å². The summed E-state index contributed by atoms with van der Waals surface area (Å²) in [5, 5.41) is 0. The zero-order valence-corrected chi connectivity index (χ0v) is 18.8. The van der Waals surface area contributed by atoms with Crippen LogP contribution in [0.5, 0.6) is 17.2 Å². The molecule has 31 heavy (non-hydrogen) atoms. The lowest BCUT2D eigenvalue weighted by Gasteiger charge is -2.05. The number of aromatic nitrogens is 1. The quantitative estimate of drug-likeness (QED) is 0.535. The number of nitrogens with zero attached hydrogens (tertiary/aromatic N) is 2. The van der Waals surface area contributed by atoms with Gasteiger partial charge in [0.25, 0.3) is 0 Å². The number of thiazole rings is 1. The van der Waals surface area contributed by atoms with Crippen LogP contribution in [0.4, 0.5) is 0 Å². The van der Waals surface area contributed by atoms with E-state index in [0.29, 0.717) is 28.6 Å². The van der Waals surface area contributed by atoms with Gasteiger partial charge in [0, 0.05) is 25.1 Å². The number of ether oxygens (including phenoxy) is 3. The molecule has 0 spiro atoms. The third-order valence-corrected chi connectivity index (χ3v) is 7.79. The highest BCUT2D eigenvalue weighted by atomic mass is 32.2. The first kappa shape index (κ1) is 21.4. The Balaban J connectivity index is 1.47. The van der Waals surface area contributed by atoms with E-state index >= 15 is 0 Å². The van der Waals surface area contributed by atoms with Crippen molar-refractivity contribution in [3.8, 4) is 17.2 Å². The van der Waals surface area contributed by atoms with Gasteiger partial charge in [-0.3, -0.25) is 4.79 Å². The van der Waals surface area contributed by atoms with Crippen molar-refractivity contribution < 1.29 is 27.4 Å². The maximum Gasteiger partial charge on any atom is 0.248 e. The third kappa shape index (κ3) is 4.45. The van der Waals surface area contributed by atoms with E-state index in [1.54, 1.807) is 12.1 Å². The lowest BCUT2D eigenvalue weighted by atomic mass is 10.3. The molecule has 1 amide bonds. The van der Waals surface area contributed by atoms with Crippen molar-refractivity contribution in [2.45, 2.75) is 31.2 Å². The monoisotopic (exact) mass is 462 g/mol. The molecule has 0 atom stereocenters. The van der Waals surface area contributed by atoms with E-state index in [-0.39, 0.29) is 36.2 Å². The first-order valence-corrected chi connectivity index (χ1v) is 12.3. The number of fused-ring (bicyclic) bond motifs is 2. The summed E-state index contributed by atoms with van der Waals surface area (Å²) >= 11 is 1.39. The number of hydrogen-bond donors (Lipinski definition) is 0. The number of sulfone groups is 1. The number of methoxy groups -OCH3 is 1. The second kappa shape index (κ2) is 8.72. The van der Waals surface area contributed by atoms with E-state index in [1.165, 1.54) is 30.6 Å². The SMILES string of the molecule is CCn1c(=NC(=O)CCCS(=O)(=O)c2ccc(OC)cc2)sc2cc3c(cc21)OCO3. The Hall–Kier alpha value is -2.85. The fraction of sp³-hybridized carbons (Fsp3) is 0.333. The predicted molar refractivity (Wildman–Crippen MR) is 116 cm³/mol. The topological polar surface area (TPSA) is 96.2 Å². The molecule has 0 saturated carbocycles. The summed E-state index contributed by atoms with van der Waals surface area (Å²) < 4.78 is 43.7. The largest absolute Gasteiger partial charge is 0.497 e. The number of amides is 1. The van der Waals surface area contributed by atoms with Crippen LogP contribution in [0.3, 0.4) is 0 Å². The standard InChI is InChI=1S/C21H22N2O6S2/c1-3-23-16-11-17-18(29-13-28-17)12-19(16)30-21(23)22-20(24)5-4-10-31(25,26)15-8-6-14(27-2)7-9-15/h6-9,11-12H,3-5,10,13H2,1-2H3. The molecule has 1 aromatic heterocycles. The number of carbonyl (C=O) groups excluding carboxylic acids is 1. The Kier molecular flexibility index (Phi) is 6.01. The zero-order chi connectivity index (χ0) is 22.0. The maximum atomic E-state index is 12.5. The summed E-state index contributed by atoms with van der Waals surface area (Å²) in [7, 11) is -1.95. The van der Waals surface area contributed by atoms with E-state index < -0.39 is 9.84 Å². The molecule has 1 aliphatic heterocycles. The van der Waals surface area contributed by atoms with Crippen LogP contribution in [0.2, 0.25) is 0 Å². The Bertz CT molecular complexity index is 1290. The van der Waals surface area contributed by atoms with Gasteiger partial charge in [0.2, 0.25) is 12.7 Å². The highest BCUT2D eigenvalue weighted by Crippen LogP contribution is 2.36. The van der Waals surface area contributed by atoms with E-state index in [9.17, 15) is 13.2 Å². The molecule has 0 N–H and O–H groups in total. The number of aryl methyl sites for hydroxylation is 1. The Morgan fingerprint density at radius 2 is 1.90 bits per heavy atom. The van der Waals surface area contributed by atoms with Crippen molar-refractivity contribution in [1.82, 2.24) is 4.57 Å². The van der Waals surface area contributed by atoms with Crippen LogP contribution in [0, 0.1) is 0 Å². The van der Waals surface area contributed by atoms with Crippen LogP contribution in [0.1, 0.15) is 19.8 Å². The highest BCUT2D eigenvalue weighted by Gasteiger charge is 2.18. The van der Waals surface area contributed by atoms with E-state index in [1.807, 2.05) is 23.6 Å². The molecule has 8 nitrogen and oxygen atoms in total. The minimum absolute atomic E-state index is 0.0517. The minimum Gasteiger partial charge on any atom is -0.497 e. The van der Waals surface area contributed by atoms with Crippen LogP contribution in [0.15, 0.2) is 46.3 Å². The molecule has 0 aliphatic carbocycles. The molecule has 0 bridgehead atoms. The van der Waals surface area contributed by atoms with Crippen molar-refractivity contribution in [1.29, 1.82) is 0 Å². The van der Waals surface area contributed by atoms with Gasteiger partial charge < -0.3 is 18.8 Å². The van der Waals surface area contributed by atoms with Crippen LogP contribution in [0.25, 0.3) is 10.2 Å². The lowest BCUT2D eigenvalue weighted by Crippen LogP contribution is -2.16. The molecule has 3 aromatic rings. The molecule has 1 aliphatic rings. The number of rotatable bonds is 7. The van der Waals surface area contributed by atoms with Gasteiger partial charge in [-0.2, -0.15) is 4.99 Å². The second-order valence-electron chi connectivity index (χ2n) is 6.91. The lowest BCUT2D eigenvalue weighted by molar-refractivity contribution is -0.118. The highest BCUT2D eigenvalue weighted by molar-refractivity contribution is 7.91. The van der Waals surface area contributed by atoms with Crippen molar-refractivity contribution in [2.75, 3.05) is 19.7 Å². The Morgan fingerprint density at radius 3 is 2.58 bits per heavy atom. The van der Waals surface area contributed by atoms with Gasteiger partial charge in [0.05, 0.1) is 28.0 Å². The average molecular weight is 463 g/mol. The summed E-state index contributed by atoms with van der Waals surface area (Å²) in [6.07, 6.45) is 0.250. The predicted octanol–water partition coefficient (Wildman–Crippen LogP) is 3.14. The van der Waals surface area contributed by atoms with Crippen LogP contribution < -0.4 is 19.0 Å². The molecular formula is C21H22N2O6S2. The molecular weight excluding hydrogens is 440 g/mol. The first-order valence-electron chi connectivity index (χ1n) is 9.78. The first-order chi connectivity index (χ1) is 14.9. The molecule has 4 rings (SSSR count). The Labute approximate surface area is 183 Å². The number of benzene rings is 2. The van der Waals surface area contributed by atoms with E-state index in [0.717, 1.165) is 10.2 Å². The smallest absolute Gasteiger partial charge is 0.248 e. The zero-order valence-electron chi connectivity index (χ0n) is 17.2. The van der Waals surface area contributed by atoms with Gasteiger partial charge in [0.1, 0.15) is 5.75 Å².